The summed E-state index contributed by atoms with van der Waals surface area (Å²) < 4.78 is 12.0. The molecule has 4 aromatic rings. The minimum absolute atomic E-state index is 0.0550. The zero-order valence-electron chi connectivity index (χ0n) is 28.1. The highest BCUT2D eigenvalue weighted by Crippen LogP contribution is 2.47. The molecular weight excluding hydrogens is 641 g/mol. The number of carbonyl (C=O) groups is 1. The number of nitrogens with one attached hydrogen (secondary N) is 2. The van der Waals surface area contributed by atoms with Crippen molar-refractivity contribution in [3.05, 3.63) is 123 Å². The molecule has 1 aliphatic heterocycles. The number of benzene rings is 4. The van der Waals surface area contributed by atoms with Gasteiger partial charge in [-0.2, -0.15) is 0 Å². The molecule has 4 aromatic carbocycles. The highest BCUT2D eigenvalue weighted by Gasteiger charge is 2.41. The Morgan fingerprint density at radius 2 is 1.42 bits per heavy atom. The quantitative estimate of drug-likeness (QED) is 0.147. The first-order chi connectivity index (χ1) is 22.9. The van der Waals surface area contributed by atoms with Crippen LogP contribution in [0, 0.1) is 0 Å². The number of amides is 1. The Hall–Kier alpha value is -3.55. The molecule has 6 rings (SSSR count). The first-order valence-electron chi connectivity index (χ1n) is 16.7. The Morgan fingerprint density at radius 1 is 0.854 bits per heavy atom. The smallest absolute Gasteiger partial charge is 0.404 e. The maximum atomic E-state index is 12.5. The van der Waals surface area contributed by atoms with Gasteiger partial charge in [-0.25, -0.2) is 4.79 Å². The largest absolute Gasteiger partial charge is 0.489 e. The van der Waals surface area contributed by atoms with Crippen molar-refractivity contribution in [1.82, 2.24) is 10.6 Å². The molecule has 1 fully saturated rings. The van der Waals surface area contributed by atoms with Gasteiger partial charge in [-0.1, -0.05) is 89.9 Å². The molecule has 0 radical (unpaired) electrons. The summed E-state index contributed by atoms with van der Waals surface area (Å²) in [5, 5.41) is 8.95. The summed E-state index contributed by atoms with van der Waals surface area (Å²) in [5.74, 6) is 0.833. The molecule has 1 amide bonds. The number of carbonyl (C=O) groups excluding carboxylic acids is 1. The average Bonchev–Trinajstić information content (AvgIpc) is 3.32. The maximum absolute atomic E-state index is 12.5. The number of ether oxygens (including phenoxy) is 2. The summed E-state index contributed by atoms with van der Waals surface area (Å²) in [5.41, 5.74) is 12.5. The van der Waals surface area contributed by atoms with Crippen LogP contribution in [0.3, 0.4) is 0 Å². The molecule has 0 saturated carbocycles. The fourth-order valence-electron chi connectivity index (χ4n) is 8.03. The van der Waals surface area contributed by atoms with Crippen LogP contribution in [0.1, 0.15) is 75.1 Å². The van der Waals surface area contributed by atoms with E-state index in [1.165, 1.54) is 22.3 Å². The van der Waals surface area contributed by atoms with E-state index >= 15 is 0 Å². The van der Waals surface area contributed by atoms with Gasteiger partial charge in [0.2, 0.25) is 0 Å². The lowest BCUT2D eigenvalue weighted by Gasteiger charge is -2.48. The fourth-order valence-corrected chi connectivity index (χ4v) is 8.54. The lowest BCUT2D eigenvalue weighted by molar-refractivity contribution is 0.0616. The second-order valence-corrected chi connectivity index (χ2v) is 15.4. The Kier molecular flexibility index (Phi) is 10.1. The zero-order chi connectivity index (χ0) is 34.1. The van der Waals surface area contributed by atoms with Crippen LogP contribution in [0.2, 0.25) is 10.0 Å². The van der Waals surface area contributed by atoms with Crippen LogP contribution in [0.5, 0.6) is 5.75 Å². The van der Waals surface area contributed by atoms with E-state index in [-0.39, 0.29) is 35.7 Å². The van der Waals surface area contributed by atoms with Crippen molar-refractivity contribution in [2.75, 3.05) is 0 Å². The predicted octanol–water partition coefficient (Wildman–Crippen LogP) is 9.05. The summed E-state index contributed by atoms with van der Waals surface area (Å²) in [4.78, 5) is 12.5. The molecular formula is C40H45Cl2N3O3. The average molecular weight is 687 g/mol. The summed E-state index contributed by atoms with van der Waals surface area (Å²) in [6.07, 6.45) is 1.84. The van der Waals surface area contributed by atoms with Crippen LogP contribution in [-0.2, 0) is 17.8 Å². The Labute approximate surface area is 294 Å². The number of piperidine rings is 1. The molecule has 4 N–H and O–H groups in total. The Balaban J connectivity index is 1.28. The van der Waals surface area contributed by atoms with Gasteiger partial charge < -0.3 is 25.8 Å². The standard InChI is InChI=1S/C40H45Cl2N3O3/c1-39(2)22-26(23-40(3,4)45-39)44-36(21-32-30-12-7-5-10-28(30)29-11-6-8-13-31(29)32)37(48-38(43)46)20-25-16-18-27(19-17-25)47-24-33-34(41)14-9-15-35(33)42/h5-19,26,32,36-37,44-45H,20-24H2,1-4H3,(H2,43,46). The summed E-state index contributed by atoms with van der Waals surface area (Å²) in [6.45, 7) is 9.26. The van der Waals surface area contributed by atoms with Gasteiger partial charge in [0.15, 0.2) is 0 Å². The molecule has 8 heteroatoms. The molecule has 1 aliphatic carbocycles. The van der Waals surface area contributed by atoms with Gasteiger partial charge in [0.05, 0.1) is 0 Å². The maximum Gasteiger partial charge on any atom is 0.404 e. The van der Waals surface area contributed by atoms with Crippen LogP contribution in [-0.4, -0.2) is 35.4 Å². The van der Waals surface area contributed by atoms with E-state index in [2.05, 4.69) is 86.9 Å². The molecule has 6 nitrogen and oxygen atoms in total. The van der Waals surface area contributed by atoms with Gasteiger partial charge in [0.1, 0.15) is 18.5 Å². The van der Waals surface area contributed by atoms with Crippen molar-refractivity contribution < 1.29 is 14.3 Å². The lowest BCUT2D eigenvalue weighted by Crippen LogP contribution is -2.63. The molecule has 0 bridgehead atoms. The summed E-state index contributed by atoms with van der Waals surface area (Å²) in [7, 11) is 0. The summed E-state index contributed by atoms with van der Waals surface area (Å²) in [6, 6.07) is 30.6. The zero-order valence-corrected chi connectivity index (χ0v) is 29.6. The van der Waals surface area contributed by atoms with Crippen molar-refractivity contribution >= 4 is 29.3 Å². The van der Waals surface area contributed by atoms with Crippen LogP contribution in [0.4, 0.5) is 4.79 Å². The first-order valence-corrected chi connectivity index (χ1v) is 17.5. The van der Waals surface area contributed by atoms with Crippen molar-refractivity contribution in [2.24, 2.45) is 5.73 Å². The highest BCUT2D eigenvalue weighted by molar-refractivity contribution is 6.35. The van der Waals surface area contributed by atoms with Crippen molar-refractivity contribution in [3.63, 3.8) is 0 Å². The third-order valence-electron chi connectivity index (χ3n) is 9.61. The first kappa shape index (κ1) is 34.3. The SMILES string of the molecule is CC1(C)CC(NC(CC2c3ccccc3-c3ccccc32)C(Cc2ccc(OCc3c(Cl)cccc3Cl)cc2)OC(N)=O)CC(C)(C)N1. The third-order valence-corrected chi connectivity index (χ3v) is 10.3. The highest BCUT2D eigenvalue weighted by atomic mass is 35.5. The second kappa shape index (κ2) is 14.1. The van der Waals surface area contributed by atoms with Gasteiger partial charge in [-0.15, -0.1) is 0 Å². The topological polar surface area (TPSA) is 85.6 Å². The number of rotatable bonds is 11. The summed E-state index contributed by atoms with van der Waals surface area (Å²) >= 11 is 12.7. The van der Waals surface area contributed by atoms with E-state index in [0.717, 1.165) is 30.4 Å². The van der Waals surface area contributed by atoms with Gasteiger partial charge in [0.25, 0.3) is 0 Å². The Morgan fingerprint density at radius 3 is 1.98 bits per heavy atom. The fraction of sp³-hybridized carbons (Fsp3) is 0.375. The van der Waals surface area contributed by atoms with Gasteiger partial charge >= 0.3 is 6.09 Å². The second-order valence-electron chi connectivity index (χ2n) is 14.5. The molecule has 2 aliphatic rings. The van der Waals surface area contributed by atoms with E-state index in [4.69, 9.17) is 38.4 Å². The number of halogens is 2. The molecule has 1 heterocycles. The monoisotopic (exact) mass is 685 g/mol. The lowest BCUT2D eigenvalue weighted by atomic mass is 9.78. The molecule has 1 saturated heterocycles. The van der Waals surface area contributed by atoms with Gasteiger partial charge in [0, 0.05) is 51.1 Å². The number of hydrogen-bond acceptors (Lipinski definition) is 5. The van der Waals surface area contributed by atoms with Gasteiger partial charge in [-0.05, 0) is 99.0 Å². The van der Waals surface area contributed by atoms with E-state index in [1.54, 1.807) is 12.1 Å². The van der Waals surface area contributed by atoms with Crippen LogP contribution >= 0.6 is 23.2 Å². The number of hydrogen-bond donors (Lipinski definition) is 3. The normalized spacial score (nSPS) is 18.0. The van der Waals surface area contributed by atoms with Crippen molar-refractivity contribution in [3.8, 4) is 16.9 Å². The molecule has 0 spiro atoms. The number of fused-ring (bicyclic) bond motifs is 3. The van der Waals surface area contributed by atoms with Crippen molar-refractivity contribution in [1.29, 1.82) is 0 Å². The van der Waals surface area contributed by atoms with Gasteiger partial charge in [-0.3, -0.25) is 0 Å². The minimum Gasteiger partial charge on any atom is -0.489 e. The van der Waals surface area contributed by atoms with Crippen LogP contribution < -0.4 is 21.1 Å². The van der Waals surface area contributed by atoms with E-state index in [9.17, 15) is 4.79 Å². The van der Waals surface area contributed by atoms with E-state index in [0.29, 0.717) is 22.2 Å². The number of nitrogens with two attached hydrogens (primary N) is 1. The minimum atomic E-state index is -0.776. The predicted molar refractivity (Wildman–Crippen MR) is 195 cm³/mol. The van der Waals surface area contributed by atoms with Crippen LogP contribution in [0.25, 0.3) is 11.1 Å². The van der Waals surface area contributed by atoms with Crippen LogP contribution in [0.15, 0.2) is 91.0 Å². The third kappa shape index (κ3) is 8.01. The molecule has 252 valence electrons. The van der Waals surface area contributed by atoms with E-state index < -0.39 is 12.2 Å². The molecule has 2 unspecified atom stereocenters. The number of primary amides is 1. The Bertz CT molecular complexity index is 1680. The molecule has 0 aromatic heterocycles. The van der Waals surface area contributed by atoms with Crippen molar-refractivity contribution in [2.45, 2.75) is 95.2 Å². The molecule has 2 atom stereocenters. The van der Waals surface area contributed by atoms with E-state index in [1.807, 2.05) is 30.3 Å². The molecule has 48 heavy (non-hydrogen) atoms.